The van der Waals surface area contributed by atoms with Crippen molar-refractivity contribution in [2.75, 3.05) is 0 Å². The third-order valence-corrected chi connectivity index (χ3v) is 6.06. The molecule has 29 heavy (non-hydrogen) atoms. The Hall–Kier alpha value is -3.02. The second-order valence-electron chi connectivity index (χ2n) is 6.58. The maximum atomic E-state index is 4.92. The van der Waals surface area contributed by atoms with Crippen LogP contribution in [0.5, 0.6) is 0 Å². The van der Waals surface area contributed by atoms with Gasteiger partial charge in [0.2, 0.25) is 0 Å². The molecule has 0 aliphatic heterocycles. The fraction of sp³-hybridized carbons (Fsp3) is 0. The molecule has 0 aliphatic carbocycles. The van der Waals surface area contributed by atoms with Gasteiger partial charge in [-0.1, -0.05) is 76.6 Å². The van der Waals surface area contributed by atoms with Gasteiger partial charge in [0, 0.05) is 27.2 Å². The number of rotatable bonds is 4. The van der Waals surface area contributed by atoms with Gasteiger partial charge in [-0.05, 0) is 24.3 Å². The molecule has 0 radical (unpaired) electrons. The zero-order valence-electron chi connectivity index (χ0n) is 15.4. The van der Waals surface area contributed by atoms with E-state index in [4.69, 9.17) is 10.1 Å². The number of hydrogen-bond acceptors (Lipinski definition) is 3. The Labute approximate surface area is 181 Å². The van der Waals surface area contributed by atoms with E-state index in [0.29, 0.717) is 0 Å². The highest BCUT2D eigenvalue weighted by Crippen LogP contribution is 2.36. The molecule has 3 nitrogen and oxygen atoms in total. The standard InChI is InChI=1S/C24H16BrN3S/c25-19-13-11-18(12-14-19)23-21(15-28(27-23)20-9-5-2-6-10-20)24-26-22(16-29-24)17-7-3-1-4-8-17/h1-16H. The minimum atomic E-state index is 0.926. The van der Waals surface area contributed by atoms with Crippen molar-refractivity contribution in [3.8, 4) is 38.8 Å². The Kier molecular flexibility index (Phi) is 4.84. The molecule has 0 saturated heterocycles. The first-order valence-corrected chi connectivity index (χ1v) is 10.9. The van der Waals surface area contributed by atoms with Crippen LogP contribution in [0.1, 0.15) is 0 Å². The molecule has 2 heterocycles. The van der Waals surface area contributed by atoms with Crippen molar-refractivity contribution >= 4 is 27.3 Å². The average Bonchev–Trinajstić information content (AvgIpc) is 3.43. The lowest BCUT2D eigenvalue weighted by atomic mass is 10.1. The van der Waals surface area contributed by atoms with E-state index in [1.807, 2.05) is 53.2 Å². The van der Waals surface area contributed by atoms with Crippen LogP contribution >= 0.6 is 27.3 Å². The van der Waals surface area contributed by atoms with Crippen LogP contribution in [-0.4, -0.2) is 14.8 Å². The molecule has 5 rings (SSSR count). The third-order valence-electron chi connectivity index (χ3n) is 4.66. The third kappa shape index (κ3) is 3.67. The Bertz CT molecular complexity index is 1240. The molecule has 5 aromatic rings. The maximum absolute atomic E-state index is 4.92. The first-order valence-electron chi connectivity index (χ1n) is 9.20. The van der Waals surface area contributed by atoms with Crippen LogP contribution in [0.15, 0.2) is 101 Å². The fourth-order valence-electron chi connectivity index (χ4n) is 3.20. The second kappa shape index (κ2) is 7.78. The molecule has 2 aromatic heterocycles. The lowest BCUT2D eigenvalue weighted by Crippen LogP contribution is -1.93. The summed E-state index contributed by atoms with van der Waals surface area (Å²) in [6.07, 6.45) is 2.07. The maximum Gasteiger partial charge on any atom is 0.127 e. The summed E-state index contributed by atoms with van der Waals surface area (Å²) in [7, 11) is 0. The first kappa shape index (κ1) is 18.0. The summed E-state index contributed by atoms with van der Waals surface area (Å²) in [6, 6.07) is 28.7. The zero-order valence-corrected chi connectivity index (χ0v) is 17.8. The summed E-state index contributed by atoms with van der Waals surface area (Å²) in [5.41, 5.74) is 6.15. The van der Waals surface area contributed by atoms with Gasteiger partial charge in [0.15, 0.2) is 0 Å². The van der Waals surface area contributed by atoms with Gasteiger partial charge in [-0.15, -0.1) is 11.3 Å². The predicted octanol–water partition coefficient (Wildman–Crippen LogP) is 7.09. The molecule has 0 fully saturated rings. The van der Waals surface area contributed by atoms with Gasteiger partial charge in [-0.2, -0.15) is 5.10 Å². The van der Waals surface area contributed by atoms with Crippen molar-refractivity contribution in [3.63, 3.8) is 0 Å². The normalized spacial score (nSPS) is 10.9. The van der Waals surface area contributed by atoms with Crippen LogP contribution in [0.2, 0.25) is 0 Å². The number of hydrogen-bond donors (Lipinski definition) is 0. The number of para-hydroxylation sites is 1. The van der Waals surface area contributed by atoms with E-state index >= 15 is 0 Å². The van der Waals surface area contributed by atoms with E-state index in [2.05, 4.69) is 63.9 Å². The molecule has 140 valence electrons. The lowest BCUT2D eigenvalue weighted by Gasteiger charge is -2.01. The second-order valence-corrected chi connectivity index (χ2v) is 8.36. The van der Waals surface area contributed by atoms with E-state index < -0.39 is 0 Å². The van der Waals surface area contributed by atoms with E-state index in [9.17, 15) is 0 Å². The Morgan fingerprint density at radius 3 is 2.17 bits per heavy atom. The molecule has 0 atom stereocenters. The Morgan fingerprint density at radius 2 is 1.45 bits per heavy atom. The molecule has 3 aromatic carbocycles. The molecule has 0 unspecified atom stereocenters. The summed E-state index contributed by atoms with van der Waals surface area (Å²) in [6.45, 7) is 0. The summed E-state index contributed by atoms with van der Waals surface area (Å²) < 4.78 is 2.97. The lowest BCUT2D eigenvalue weighted by molar-refractivity contribution is 0.884. The quantitative estimate of drug-likeness (QED) is 0.288. The Morgan fingerprint density at radius 1 is 0.759 bits per heavy atom. The minimum Gasteiger partial charge on any atom is -0.240 e. The number of aromatic nitrogens is 3. The average molecular weight is 458 g/mol. The summed E-state index contributed by atoms with van der Waals surface area (Å²) in [5.74, 6) is 0. The number of halogens is 1. The van der Waals surface area contributed by atoms with Crippen molar-refractivity contribution in [2.24, 2.45) is 0 Å². The summed E-state index contributed by atoms with van der Waals surface area (Å²) >= 11 is 5.16. The predicted molar refractivity (Wildman–Crippen MR) is 123 cm³/mol. The van der Waals surface area contributed by atoms with Gasteiger partial charge in [0.25, 0.3) is 0 Å². The molecule has 5 heteroatoms. The van der Waals surface area contributed by atoms with Crippen molar-refractivity contribution in [1.82, 2.24) is 14.8 Å². The van der Waals surface area contributed by atoms with E-state index in [0.717, 1.165) is 43.2 Å². The Balaban J connectivity index is 1.64. The topological polar surface area (TPSA) is 30.7 Å². The van der Waals surface area contributed by atoms with Crippen LogP contribution in [0.25, 0.3) is 38.8 Å². The highest BCUT2D eigenvalue weighted by atomic mass is 79.9. The zero-order chi connectivity index (χ0) is 19.6. The highest BCUT2D eigenvalue weighted by molar-refractivity contribution is 9.10. The summed E-state index contributed by atoms with van der Waals surface area (Å²) in [5, 5.41) is 7.98. The van der Waals surface area contributed by atoms with Crippen LogP contribution in [0.3, 0.4) is 0 Å². The molecule has 0 N–H and O–H groups in total. The minimum absolute atomic E-state index is 0.926. The van der Waals surface area contributed by atoms with Crippen LogP contribution < -0.4 is 0 Å². The van der Waals surface area contributed by atoms with Crippen molar-refractivity contribution < 1.29 is 0 Å². The van der Waals surface area contributed by atoms with Crippen LogP contribution in [-0.2, 0) is 0 Å². The van der Waals surface area contributed by atoms with Gasteiger partial charge in [-0.3, -0.25) is 0 Å². The first-order chi connectivity index (χ1) is 14.3. The molecule has 0 saturated carbocycles. The van der Waals surface area contributed by atoms with Crippen LogP contribution in [0, 0.1) is 0 Å². The fourth-order valence-corrected chi connectivity index (χ4v) is 4.31. The van der Waals surface area contributed by atoms with Gasteiger partial charge in [0.05, 0.1) is 16.9 Å². The monoisotopic (exact) mass is 457 g/mol. The molecule has 0 spiro atoms. The van der Waals surface area contributed by atoms with Gasteiger partial charge in [-0.25, -0.2) is 9.67 Å². The number of thiazole rings is 1. The summed E-state index contributed by atoms with van der Waals surface area (Å²) in [4.78, 5) is 4.92. The van der Waals surface area contributed by atoms with Gasteiger partial charge < -0.3 is 0 Å². The smallest absolute Gasteiger partial charge is 0.127 e. The van der Waals surface area contributed by atoms with E-state index in [1.165, 1.54) is 0 Å². The van der Waals surface area contributed by atoms with E-state index in [1.54, 1.807) is 11.3 Å². The number of nitrogens with zero attached hydrogens (tertiary/aromatic N) is 3. The number of benzene rings is 3. The molecule has 0 amide bonds. The van der Waals surface area contributed by atoms with Gasteiger partial charge in [0.1, 0.15) is 10.7 Å². The van der Waals surface area contributed by atoms with Crippen molar-refractivity contribution in [1.29, 1.82) is 0 Å². The molecular weight excluding hydrogens is 442 g/mol. The van der Waals surface area contributed by atoms with Crippen molar-refractivity contribution in [3.05, 3.63) is 101 Å². The highest BCUT2D eigenvalue weighted by Gasteiger charge is 2.17. The van der Waals surface area contributed by atoms with E-state index in [-0.39, 0.29) is 0 Å². The van der Waals surface area contributed by atoms with Crippen LogP contribution in [0.4, 0.5) is 0 Å². The van der Waals surface area contributed by atoms with Crippen molar-refractivity contribution in [2.45, 2.75) is 0 Å². The SMILES string of the molecule is Brc1ccc(-c2nn(-c3ccccc3)cc2-c2nc(-c3ccccc3)cs2)cc1. The van der Waals surface area contributed by atoms with Gasteiger partial charge >= 0.3 is 0 Å². The molecule has 0 bridgehead atoms. The molecular formula is C24H16BrN3S. The molecule has 0 aliphatic rings. The largest absolute Gasteiger partial charge is 0.240 e.